The van der Waals surface area contributed by atoms with E-state index in [1.165, 1.54) is 12.3 Å². The Balaban J connectivity index is 2.46. The number of amides is 1. The Bertz CT molecular complexity index is 414. The molecule has 1 rings (SSSR count). The highest BCUT2D eigenvalue weighted by Crippen LogP contribution is 2.10. The minimum absolute atomic E-state index is 0.142. The molecule has 5 heteroatoms. The van der Waals surface area contributed by atoms with E-state index in [4.69, 9.17) is 10.4 Å². The van der Waals surface area contributed by atoms with Crippen LogP contribution in [-0.2, 0) is 0 Å². The Morgan fingerprint density at radius 1 is 1.61 bits per heavy atom. The molecular weight excluding hydrogens is 230 g/mol. The summed E-state index contributed by atoms with van der Waals surface area (Å²) in [6, 6.07) is 3.46. The number of nitrogens with one attached hydrogen (secondary N) is 2. The highest BCUT2D eigenvalue weighted by atomic mass is 16.3. The van der Waals surface area contributed by atoms with Crippen LogP contribution >= 0.6 is 0 Å². The van der Waals surface area contributed by atoms with Crippen LogP contribution in [0.4, 0.5) is 0 Å². The average molecular weight is 249 g/mol. The normalized spacial score (nSPS) is 11.8. The molecule has 5 nitrogen and oxygen atoms in total. The van der Waals surface area contributed by atoms with Crippen molar-refractivity contribution in [2.75, 3.05) is 13.2 Å². The van der Waals surface area contributed by atoms with Crippen LogP contribution in [-0.4, -0.2) is 29.1 Å². The number of H-pyrrole nitrogens is 1. The summed E-state index contributed by atoms with van der Waals surface area (Å²) < 4.78 is 0. The number of aromatic nitrogens is 1. The van der Waals surface area contributed by atoms with E-state index in [1.54, 1.807) is 0 Å². The van der Waals surface area contributed by atoms with Gasteiger partial charge in [0.15, 0.2) is 0 Å². The molecule has 0 saturated carbocycles. The number of carbonyl (C=O) groups excluding carboxylic acids is 1. The largest absolute Gasteiger partial charge is 0.396 e. The van der Waals surface area contributed by atoms with E-state index in [0.717, 1.165) is 12.8 Å². The van der Waals surface area contributed by atoms with Crippen molar-refractivity contribution >= 4 is 5.91 Å². The van der Waals surface area contributed by atoms with Gasteiger partial charge in [-0.05, 0) is 24.8 Å². The highest BCUT2D eigenvalue weighted by molar-refractivity contribution is 5.94. The highest BCUT2D eigenvalue weighted by Gasteiger charge is 2.11. The molecule has 1 unspecified atom stereocenters. The average Bonchev–Trinajstić information content (AvgIpc) is 2.85. The first-order valence-electron chi connectivity index (χ1n) is 6.18. The molecule has 98 valence electrons. The second-order valence-corrected chi connectivity index (χ2v) is 4.29. The summed E-state index contributed by atoms with van der Waals surface area (Å²) in [4.78, 5) is 14.5. The number of rotatable bonds is 7. The lowest BCUT2D eigenvalue weighted by Crippen LogP contribution is -2.29. The summed E-state index contributed by atoms with van der Waals surface area (Å²) in [6.07, 6.45) is 4.24. The van der Waals surface area contributed by atoms with Gasteiger partial charge in [-0.2, -0.15) is 5.26 Å². The molecule has 0 spiro atoms. The summed E-state index contributed by atoms with van der Waals surface area (Å²) in [5.41, 5.74) is 0.839. The summed E-state index contributed by atoms with van der Waals surface area (Å²) in [6.45, 7) is 2.78. The van der Waals surface area contributed by atoms with Crippen molar-refractivity contribution in [3.8, 4) is 6.07 Å². The van der Waals surface area contributed by atoms with Crippen LogP contribution in [0.25, 0.3) is 0 Å². The van der Waals surface area contributed by atoms with Gasteiger partial charge >= 0.3 is 0 Å². The van der Waals surface area contributed by atoms with E-state index in [0.29, 0.717) is 30.1 Å². The van der Waals surface area contributed by atoms with Crippen LogP contribution in [0, 0.1) is 17.2 Å². The lowest BCUT2D eigenvalue weighted by molar-refractivity contribution is 0.0943. The Morgan fingerprint density at radius 3 is 2.94 bits per heavy atom. The van der Waals surface area contributed by atoms with E-state index < -0.39 is 0 Å². The molecule has 1 heterocycles. The minimum atomic E-state index is -0.188. The maximum atomic E-state index is 11.8. The molecule has 0 aromatic carbocycles. The Morgan fingerprint density at radius 2 is 2.39 bits per heavy atom. The van der Waals surface area contributed by atoms with Gasteiger partial charge in [0.05, 0.1) is 5.56 Å². The minimum Gasteiger partial charge on any atom is -0.396 e. The molecule has 0 saturated heterocycles. The Kier molecular flexibility index (Phi) is 5.95. The monoisotopic (exact) mass is 249 g/mol. The van der Waals surface area contributed by atoms with E-state index >= 15 is 0 Å². The zero-order valence-corrected chi connectivity index (χ0v) is 10.6. The summed E-state index contributed by atoms with van der Waals surface area (Å²) in [7, 11) is 0. The van der Waals surface area contributed by atoms with Gasteiger partial charge in [0.25, 0.3) is 5.91 Å². The van der Waals surface area contributed by atoms with Crippen LogP contribution in [0.15, 0.2) is 12.3 Å². The van der Waals surface area contributed by atoms with Gasteiger partial charge in [0.1, 0.15) is 11.8 Å². The molecule has 3 N–H and O–H groups in total. The first-order chi connectivity index (χ1) is 8.71. The number of aliphatic hydroxyl groups is 1. The van der Waals surface area contributed by atoms with Crippen molar-refractivity contribution in [2.45, 2.75) is 26.2 Å². The van der Waals surface area contributed by atoms with Gasteiger partial charge in [-0.1, -0.05) is 13.3 Å². The lowest BCUT2D eigenvalue weighted by atomic mass is 10.0. The molecule has 1 aromatic rings. The molecule has 1 aromatic heterocycles. The molecule has 0 aliphatic rings. The number of carbonyl (C=O) groups is 1. The molecule has 0 aliphatic heterocycles. The van der Waals surface area contributed by atoms with Crippen LogP contribution < -0.4 is 5.32 Å². The fourth-order valence-electron chi connectivity index (χ4n) is 1.87. The van der Waals surface area contributed by atoms with Crippen LogP contribution in [0.3, 0.4) is 0 Å². The smallest absolute Gasteiger partial charge is 0.252 e. The van der Waals surface area contributed by atoms with Crippen molar-refractivity contribution < 1.29 is 9.90 Å². The summed E-state index contributed by atoms with van der Waals surface area (Å²) in [5.74, 6) is 0.116. The van der Waals surface area contributed by atoms with Crippen molar-refractivity contribution in [3.05, 3.63) is 23.5 Å². The summed E-state index contributed by atoms with van der Waals surface area (Å²) >= 11 is 0. The predicted molar refractivity (Wildman–Crippen MR) is 67.9 cm³/mol. The van der Waals surface area contributed by atoms with Gasteiger partial charge in [-0.15, -0.1) is 0 Å². The fourth-order valence-corrected chi connectivity index (χ4v) is 1.87. The molecule has 0 aliphatic carbocycles. The number of hydrogen-bond donors (Lipinski definition) is 3. The molecular formula is C13H19N3O2. The number of nitrogens with zero attached hydrogens (tertiary/aromatic N) is 1. The molecule has 0 bridgehead atoms. The van der Waals surface area contributed by atoms with Crippen molar-refractivity contribution in [2.24, 2.45) is 5.92 Å². The summed E-state index contributed by atoms with van der Waals surface area (Å²) in [5, 5.41) is 20.4. The topological polar surface area (TPSA) is 88.9 Å². The number of nitriles is 1. The van der Waals surface area contributed by atoms with E-state index in [1.807, 2.05) is 6.07 Å². The quantitative estimate of drug-likeness (QED) is 0.682. The second-order valence-electron chi connectivity index (χ2n) is 4.29. The Labute approximate surface area is 107 Å². The van der Waals surface area contributed by atoms with E-state index in [9.17, 15) is 4.79 Å². The van der Waals surface area contributed by atoms with Crippen molar-refractivity contribution in [1.29, 1.82) is 5.26 Å². The maximum Gasteiger partial charge on any atom is 0.252 e. The first-order valence-corrected chi connectivity index (χ1v) is 6.18. The van der Waals surface area contributed by atoms with Crippen LogP contribution in [0.1, 0.15) is 42.2 Å². The van der Waals surface area contributed by atoms with Gasteiger partial charge < -0.3 is 15.4 Å². The van der Waals surface area contributed by atoms with Gasteiger partial charge in [0, 0.05) is 19.3 Å². The predicted octanol–water partition coefficient (Wildman–Crippen LogP) is 1.41. The molecule has 0 radical (unpaired) electrons. The SMILES string of the molecule is CCCC(CCO)CNC(=O)c1c[nH]c(C#N)c1. The van der Waals surface area contributed by atoms with Gasteiger partial charge in [-0.3, -0.25) is 4.79 Å². The van der Waals surface area contributed by atoms with E-state index in [-0.39, 0.29) is 12.5 Å². The van der Waals surface area contributed by atoms with Crippen LogP contribution in [0.5, 0.6) is 0 Å². The maximum absolute atomic E-state index is 11.8. The molecule has 0 fully saturated rings. The second kappa shape index (κ2) is 7.51. The Hall–Kier alpha value is -1.80. The van der Waals surface area contributed by atoms with Crippen molar-refractivity contribution in [1.82, 2.24) is 10.3 Å². The first kappa shape index (κ1) is 14.3. The fraction of sp³-hybridized carbons (Fsp3) is 0.538. The molecule has 1 atom stereocenters. The number of hydrogen-bond acceptors (Lipinski definition) is 3. The third-order valence-electron chi connectivity index (χ3n) is 2.85. The molecule has 1 amide bonds. The van der Waals surface area contributed by atoms with Crippen LogP contribution in [0.2, 0.25) is 0 Å². The number of aromatic amines is 1. The lowest BCUT2D eigenvalue weighted by Gasteiger charge is -2.15. The van der Waals surface area contributed by atoms with Gasteiger partial charge in [0.2, 0.25) is 0 Å². The van der Waals surface area contributed by atoms with Crippen molar-refractivity contribution in [3.63, 3.8) is 0 Å². The molecule has 18 heavy (non-hydrogen) atoms. The van der Waals surface area contributed by atoms with E-state index in [2.05, 4.69) is 17.2 Å². The zero-order valence-electron chi connectivity index (χ0n) is 10.6. The zero-order chi connectivity index (χ0) is 13.4. The third-order valence-corrected chi connectivity index (χ3v) is 2.85. The van der Waals surface area contributed by atoms with Gasteiger partial charge in [-0.25, -0.2) is 0 Å². The number of aliphatic hydroxyl groups excluding tert-OH is 1. The third kappa shape index (κ3) is 4.22. The standard InChI is InChI=1S/C13H19N3O2/c1-2-3-10(4-5-17)8-16-13(18)11-6-12(7-14)15-9-11/h6,9-10,15,17H,2-5,8H2,1H3,(H,16,18).